The third kappa shape index (κ3) is 2.22. The molecule has 1 aliphatic rings. The van der Waals surface area contributed by atoms with Crippen molar-refractivity contribution in [3.05, 3.63) is 11.8 Å². The van der Waals surface area contributed by atoms with E-state index in [1.54, 1.807) is 4.90 Å². The summed E-state index contributed by atoms with van der Waals surface area (Å²) < 4.78 is 5.12. The molecule has 0 aromatic heterocycles. The normalized spacial score (nSPS) is 17.0. The van der Waals surface area contributed by atoms with Gasteiger partial charge in [0.1, 0.15) is 0 Å². The van der Waals surface area contributed by atoms with Crippen molar-refractivity contribution in [1.82, 2.24) is 4.90 Å². The third-order valence-corrected chi connectivity index (χ3v) is 2.02. The molecule has 1 rings (SSSR count). The molecule has 0 fully saturated rings. The second-order valence-corrected chi connectivity index (χ2v) is 2.84. The highest BCUT2D eigenvalue weighted by Gasteiger charge is 2.15. The first-order chi connectivity index (χ1) is 5.75. The Labute approximate surface area is 76.9 Å². The van der Waals surface area contributed by atoms with Crippen molar-refractivity contribution in [2.75, 3.05) is 19.8 Å². The number of nitrogens with zero attached hydrogens (tertiary/aromatic N) is 1. The number of ether oxygens (including phenoxy) is 1. The predicted molar refractivity (Wildman–Crippen MR) is 47.1 cm³/mol. The van der Waals surface area contributed by atoms with Gasteiger partial charge in [-0.3, -0.25) is 4.79 Å². The zero-order chi connectivity index (χ0) is 8.97. The lowest BCUT2D eigenvalue weighted by atomic mass is 10.2. The molecule has 0 unspecified atom stereocenters. The largest absolute Gasteiger partial charge is 0.377 e. The highest BCUT2D eigenvalue weighted by Crippen LogP contribution is 2.14. The van der Waals surface area contributed by atoms with Crippen LogP contribution in [0.15, 0.2) is 11.8 Å². The van der Waals surface area contributed by atoms with Crippen molar-refractivity contribution in [3.63, 3.8) is 0 Å². The molecule has 0 saturated heterocycles. The molecule has 1 amide bonds. The van der Waals surface area contributed by atoms with Crippen molar-refractivity contribution >= 4 is 17.0 Å². The number of rotatable bonds is 2. The molecule has 4 heteroatoms. The molecule has 0 spiro atoms. The second kappa shape index (κ2) is 4.48. The van der Waals surface area contributed by atoms with Crippen LogP contribution in [0.4, 0.5) is 4.79 Å². The summed E-state index contributed by atoms with van der Waals surface area (Å²) in [4.78, 5) is 12.4. The highest BCUT2D eigenvalue weighted by molar-refractivity contribution is 6.63. The Morgan fingerprint density at radius 1 is 1.83 bits per heavy atom. The maximum atomic E-state index is 10.9. The Morgan fingerprint density at radius 2 is 2.58 bits per heavy atom. The van der Waals surface area contributed by atoms with Crippen LogP contribution in [0.3, 0.4) is 0 Å². The van der Waals surface area contributed by atoms with E-state index >= 15 is 0 Å². The summed E-state index contributed by atoms with van der Waals surface area (Å²) in [6.45, 7) is 3.77. The van der Waals surface area contributed by atoms with E-state index in [1.807, 2.05) is 13.0 Å². The fraction of sp³-hybridized carbons (Fsp3) is 0.625. The van der Waals surface area contributed by atoms with Crippen LogP contribution >= 0.6 is 11.6 Å². The van der Waals surface area contributed by atoms with E-state index in [1.165, 1.54) is 0 Å². The number of halogens is 1. The molecule has 0 radical (unpaired) electrons. The summed E-state index contributed by atoms with van der Waals surface area (Å²) >= 11 is 5.38. The van der Waals surface area contributed by atoms with Gasteiger partial charge in [0.2, 0.25) is 0 Å². The smallest absolute Gasteiger partial charge is 0.320 e. The van der Waals surface area contributed by atoms with Crippen molar-refractivity contribution in [2.45, 2.75) is 13.3 Å². The van der Waals surface area contributed by atoms with Crippen LogP contribution in [-0.2, 0) is 4.74 Å². The topological polar surface area (TPSA) is 29.5 Å². The van der Waals surface area contributed by atoms with Crippen LogP contribution in [0.25, 0.3) is 0 Å². The molecule has 3 nitrogen and oxygen atoms in total. The lowest BCUT2D eigenvalue weighted by Gasteiger charge is -2.23. The monoisotopic (exact) mass is 189 g/mol. The summed E-state index contributed by atoms with van der Waals surface area (Å²) in [6, 6.07) is 0. The third-order valence-electron chi connectivity index (χ3n) is 1.81. The van der Waals surface area contributed by atoms with Crippen LogP contribution in [-0.4, -0.2) is 30.0 Å². The van der Waals surface area contributed by atoms with Crippen molar-refractivity contribution in [1.29, 1.82) is 0 Å². The van der Waals surface area contributed by atoms with Gasteiger partial charge in [-0.1, -0.05) is 0 Å². The Bertz CT molecular complexity index is 203. The van der Waals surface area contributed by atoms with E-state index in [-0.39, 0.29) is 0 Å². The minimum atomic E-state index is -0.411. The van der Waals surface area contributed by atoms with Crippen molar-refractivity contribution < 1.29 is 9.53 Å². The lowest BCUT2D eigenvalue weighted by molar-refractivity contribution is 0.144. The molecular weight excluding hydrogens is 178 g/mol. The fourth-order valence-electron chi connectivity index (χ4n) is 1.20. The van der Waals surface area contributed by atoms with Gasteiger partial charge in [-0.25, -0.2) is 0 Å². The minimum Gasteiger partial charge on any atom is -0.377 e. The summed E-state index contributed by atoms with van der Waals surface area (Å²) in [5.41, 5.74) is 0.976. The lowest BCUT2D eigenvalue weighted by Crippen LogP contribution is -2.27. The van der Waals surface area contributed by atoms with Crippen molar-refractivity contribution in [3.8, 4) is 0 Å². The SMILES string of the molecule is CCN(C(=O)Cl)C1=CCOCC1. The van der Waals surface area contributed by atoms with E-state index in [4.69, 9.17) is 16.3 Å². The molecule has 1 aliphatic heterocycles. The summed E-state index contributed by atoms with van der Waals surface area (Å²) in [5.74, 6) is 0. The maximum absolute atomic E-state index is 10.9. The number of carbonyl (C=O) groups excluding carboxylic acids is 1. The number of carbonyl (C=O) groups is 1. The molecule has 0 aliphatic carbocycles. The van der Waals surface area contributed by atoms with Gasteiger partial charge in [0.15, 0.2) is 0 Å². The zero-order valence-electron chi connectivity index (χ0n) is 7.05. The molecule has 0 N–H and O–H groups in total. The predicted octanol–water partition coefficient (Wildman–Crippen LogP) is 1.97. The molecule has 0 saturated carbocycles. The van der Waals surface area contributed by atoms with Gasteiger partial charge >= 0.3 is 5.37 Å². The van der Waals surface area contributed by atoms with Gasteiger partial charge in [-0.15, -0.1) is 0 Å². The maximum Gasteiger partial charge on any atom is 0.320 e. The van der Waals surface area contributed by atoms with Gasteiger partial charge in [-0.05, 0) is 24.6 Å². The standard InChI is InChI=1S/C8H12ClNO2/c1-2-10(8(9)11)7-3-5-12-6-4-7/h3H,2,4-6H2,1H3. The Kier molecular flexibility index (Phi) is 3.56. The molecular formula is C8H12ClNO2. The molecule has 1 heterocycles. The molecule has 0 aromatic rings. The van der Waals surface area contributed by atoms with Gasteiger partial charge < -0.3 is 9.64 Å². The summed E-state index contributed by atoms with van der Waals surface area (Å²) in [6.07, 6.45) is 2.67. The van der Waals surface area contributed by atoms with Crippen LogP contribution in [0, 0.1) is 0 Å². The summed E-state index contributed by atoms with van der Waals surface area (Å²) in [7, 11) is 0. The second-order valence-electron chi connectivity index (χ2n) is 2.52. The Morgan fingerprint density at radius 3 is 3.00 bits per heavy atom. The Balaban J connectivity index is 2.64. The fourth-order valence-corrected chi connectivity index (χ4v) is 1.43. The van der Waals surface area contributed by atoms with Gasteiger partial charge in [0.05, 0.1) is 13.2 Å². The van der Waals surface area contributed by atoms with Crippen LogP contribution in [0.1, 0.15) is 13.3 Å². The first-order valence-corrected chi connectivity index (χ1v) is 4.37. The van der Waals surface area contributed by atoms with Gasteiger partial charge in [-0.2, -0.15) is 0 Å². The van der Waals surface area contributed by atoms with Crippen LogP contribution in [0.5, 0.6) is 0 Å². The molecule has 68 valence electrons. The molecule has 0 aromatic carbocycles. The first-order valence-electron chi connectivity index (χ1n) is 3.99. The van der Waals surface area contributed by atoms with Crippen LogP contribution in [0.2, 0.25) is 0 Å². The van der Waals surface area contributed by atoms with Gasteiger partial charge in [0, 0.05) is 18.7 Å². The van der Waals surface area contributed by atoms with E-state index in [0.717, 1.165) is 12.1 Å². The Hall–Kier alpha value is -0.540. The average molecular weight is 190 g/mol. The molecule has 0 bridgehead atoms. The first kappa shape index (κ1) is 9.55. The number of amides is 1. The number of hydrogen-bond acceptors (Lipinski definition) is 2. The average Bonchev–Trinajstić information content (AvgIpc) is 2.07. The van der Waals surface area contributed by atoms with E-state index in [2.05, 4.69) is 0 Å². The molecule has 12 heavy (non-hydrogen) atoms. The quantitative estimate of drug-likeness (QED) is 0.491. The highest BCUT2D eigenvalue weighted by atomic mass is 35.5. The van der Waals surface area contributed by atoms with E-state index in [9.17, 15) is 4.79 Å². The zero-order valence-corrected chi connectivity index (χ0v) is 7.80. The minimum absolute atomic E-state index is 0.411. The number of hydrogen-bond donors (Lipinski definition) is 0. The van der Waals surface area contributed by atoms with E-state index < -0.39 is 5.37 Å². The van der Waals surface area contributed by atoms with Crippen LogP contribution < -0.4 is 0 Å². The summed E-state index contributed by atoms with van der Waals surface area (Å²) in [5, 5.41) is -0.411. The van der Waals surface area contributed by atoms with E-state index in [0.29, 0.717) is 19.8 Å². The molecule has 0 atom stereocenters. The van der Waals surface area contributed by atoms with Crippen molar-refractivity contribution in [2.24, 2.45) is 0 Å². The van der Waals surface area contributed by atoms with Gasteiger partial charge in [0.25, 0.3) is 0 Å².